The number of unbranched alkanes of at least 4 members (excludes halogenated alkanes) is 12. The second-order valence-corrected chi connectivity index (χ2v) is 21.6. The minimum atomic E-state index is -1.31. The van der Waals surface area contributed by atoms with Crippen LogP contribution in [-0.4, -0.2) is 58.4 Å². The summed E-state index contributed by atoms with van der Waals surface area (Å²) in [4.78, 5) is 12.7. The average Bonchev–Trinajstić information content (AvgIpc) is 3.56. The molecular formula is C52H92O6. The molecule has 3 N–H and O–H groups in total. The lowest BCUT2D eigenvalue weighted by molar-refractivity contribution is -0.197. The number of allylic oxidation sites excluding steroid dienone is 1. The van der Waals surface area contributed by atoms with Crippen LogP contribution in [0.25, 0.3) is 0 Å². The van der Waals surface area contributed by atoms with Crippen molar-refractivity contribution in [2.24, 2.45) is 58.2 Å². The maximum atomic E-state index is 12.7. The number of hydrogen-bond acceptors (Lipinski definition) is 6. The maximum Gasteiger partial charge on any atom is 0.305 e. The van der Waals surface area contributed by atoms with Gasteiger partial charge in [-0.2, -0.15) is 0 Å². The Bertz CT molecular complexity index is 1250. The van der Waals surface area contributed by atoms with Crippen LogP contribution in [0.4, 0.5) is 0 Å². The van der Waals surface area contributed by atoms with Crippen LogP contribution < -0.4 is 0 Å². The molecule has 0 aliphatic heterocycles. The number of carbonyl (C=O) groups is 1. The molecule has 14 unspecified atom stereocenters. The molecule has 0 aromatic heterocycles. The van der Waals surface area contributed by atoms with Crippen molar-refractivity contribution < 1.29 is 29.6 Å². The summed E-state index contributed by atoms with van der Waals surface area (Å²) >= 11 is 0. The molecular weight excluding hydrogens is 721 g/mol. The van der Waals surface area contributed by atoms with Gasteiger partial charge in [-0.25, -0.2) is 0 Å². The van der Waals surface area contributed by atoms with Gasteiger partial charge in [0.05, 0.1) is 24.9 Å². The third-order valence-electron chi connectivity index (χ3n) is 17.7. The number of esters is 1. The van der Waals surface area contributed by atoms with E-state index in [0.717, 1.165) is 80.0 Å². The lowest BCUT2D eigenvalue weighted by Crippen LogP contribution is -2.56. The predicted octanol–water partition coefficient (Wildman–Crippen LogP) is 12.5. The highest BCUT2D eigenvalue weighted by Crippen LogP contribution is 2.67. The van der Waals surface area contributed by atoms with Crippen molar-refractivity contribution in [1.82, 2.24) is 0 Å². The second kappa shape index (κ2) is 22.9. The topological polar surface area (TPSA) is 96.2 Å². The van der Waals surface area contributed by atoms with Crippen LogP contribution in [0.2, 0.25) is 0 Å². The summed E-state index contributed by atoms with van der Waals surface area (Å²) in [6.45, 7) is 17.3. The Morgan fingerprint density at radius 1 is 0.776 bits per heavy atom. The fourth-order valence-electron chi connectivity index (χ4n) is 13.8. The van der Waals surface area contributed by atoms with Crippen LogP contribution in [-0.2, 0) is 14.3 Å². The monoisotopic (exact) mass is 813 g/mol. The fourth-order valence-corrected chi connectivity index (χ4v) is 13.8. The zero-order valence-electron chi connectivity index (χ0n) is 38.7. The molecule has 4 saturated carbocycles. The highest BCUT2D eigenvalue weighted by atomic mass is 16.5. The minimum Gasteiger partial charge on any atom is -0.465 e. The lowest BCUT2D eigenvalue weighted by Gasteiger charge is -2.58. The molecule has 0 bridgehead atoms. The number of ether oxygens (including phenoxy) is 2. The normalized spacial score (nSPS) is 37.1. The number of fused-ring (bicyclic) bond motifs is 5. The van der Waals surface area contributed by atoms with Crippen molar-refractivity contribution in [1.29, 1.82) is 0 Å². The molecule has 6 nitrogen and oxygen atoms in total. The van der Waals surface area contributed by atoms with E-state index in [-0.39, 0.29) is 24.1 Å². The second-order valence-electron chi connectivity index (χ2n) is 21.6. The Kier molecular flexibility index (Phi) is 19.0. The van der Waals surface area contributed by atoms with Gasteiger partial charge >= 0.3 is 5.97 Å². The van der Waals surface area contributed by atoms with Gasteiger partial charge in [0.2, 0.25) is 0 Å². The van der Waals surface area contributed by atoms with Crippen LogP contribution in [0, 0.1) is 58.2 Å². The van der Waals surface area contributed by atoms with E-state index in [9.17, 15) is 20.1 Å². The molecule has 0 heterocycles. The summed E-state index contributed by atoms with van der Waals surface area (Å²) in [6, 6.07) is 0. The van der Waals surface area contributed by atoms with E-state index in [4.69, 9.17) is 9.47 Å². The summed E-state index contributed by atoms with van der Waals surface area (Å²) in [6.07, 6.45) is 29.3. The molecule has 4 fully saturated rings. The van der Waals surface area contributed by atoms with Crippen molar-refractivity contribution in [2.75, 3.05) is 6.61 Å². The number of aliphatic hydroxyl groups is 3. The molecule has 14 atom stereocenters. The van der Waals surface area contributed by atoms with Crippen molar-refractivity contribution in [2.45, 2.75) is 246 Å². The van der Waals surface area contributed by atoms with Gasteiger partial charge in [-0.05, 0) is 123 Å². The van der Waals surface area contributed by atoms with Gasteiger partial charge in [-0.15, -0.1) is 0 Å². The third kappa shape index (κ3) is 11.9. The fraction of sp³-hybridized carbons (Fsp3) is 0.942. The largest absolute Gasteiger partial charge is 0.465 e. The molecule has 5 aliphatic rings. The van der Waals surface area contributed by atoms with Crippen LogP contribution >= 0.6 is 0 Å². The predicted molar refractivity (Wildman–Crippen MR) is 238 cm³/mol. The zero-order valence-corrected chi connectivity index (χ0v) is 38.7. The van der Waals surface area contributed by atoms with Crippen molar-refractivity contribution in [3.05, 3.63) is 11.6 Å². The van der Waals surface area contributed by atoms with Crippen LogP contribution in [0.15, 0.2) is 11.6 Å². The first-order valence-corrected chi connectivity index (χ1v) is 25.4. The zero-order chi connectivity index (χ0) is 41.9. The molecule has 6 heteroatoms. The molecule has 0 saturated heterocycles. The maximum absolute atomic E-state index is 12.7. The molecule has 0 radical (unpaired) electrons. The Morgan fingerprint density at radius 3 is 2.07 bits per heavy atom. The van der Waals surface area contributed by atoms with E-state index >= 15 is 0 Å². The van der Waals surface area contributed by atoms with E-state index < -0.39 is 30.3 Å². The van der Waals surface area contributed by atoms with E-state index in [1.807, 2.05) is 0 Å². The van der Waals surface area contributed by atoms with Gasteiger partial charge in [0.15, 0.2) is 0 Å². The van der Waals surface area contributed by atoms with Crippen molar-refractivity contribution in [3.8, 4) is 0 Å². The van der Waals surface area contributed by atoms with E-state index in [1.165, 1.54) is 116 Å². The van der Waals surface area contributed by atoms with Crippen molar-refractivity contribution >= 4 is 5.97 Å². The number of carbonyl (C=O) groups excluding carboxylic acids is 1. The first kappa shape index (κ1) is 48.1. The molecule has 5 rings (SSSR count). The Morgan fingerprint density at radius 2 is 1.43 bits per heavy atom. The minimum absolute atomic E-state index is 0.0138. The summed E-state index contributed by atoms with van der Waals surface area (Å²) < 4.78 is 12.3. The third-order valence-corrected chi connectivity index (χ3v) is 17.7. The highest BCUT2D eigenvalue weighted by Gasteiger charge is 2.59. The standard InChI is InChI=1S/C52H92O6/c1-8-10-11-12-13-14-15-16-17-18-19-20-21-22-47(53)57-35-39-33-46(49(55)50(56)48(39)54)58-41-29-31-51(6)40(34-41)25-26-42-44-28-27-43(52(44,7)32-30-45(42)51)37(5)23-24-38(9-2)36(3)4/h25,36-39,41-46,48-50,54-56H,8-24,26-35H2,1-7H3. The van der Waals surface area contributed by atoms with Gasteiger partial charge in [0.1, 0.15) is 12.2 Å². The van der Waals surface area contributed by atoms with Gasteiger partial charge in [0.25, 0.3) is 0 Å². The summed E-state index contributed by atoms with van der Waals surface area (Å²) in [7, 11) is 0. The highest BCUT2D eigenvalue weighted by molar-refractivity contribution is 5.69. The molecule has 0 spiro atoms. The molecule has 0 aromatic carbocycles. The summed E-state index contributed by atoms with van der Waals surface area (Å²) in [5.74, 6) is 4.98. The number of aliphatic hydroxyl groups excluding tert-OH is 3. The smallest absolute Gasteiger partial charge is 0.305 e. The number of hydrogen-bond donors (Lipinski definition) is 3. The molecule has 5 aliphatic carbocycles. The van der Waals surface area contributed by atoms with Gasteiger partial charge in [-0.3, -0.25) is 4.79 Å². The Labute approximate surface area is 356 Å². The van der Waals surface area contributed by atoms with Crippen LogP contribution in [0.1, 0.15) is 215 Å². The molecule has 0 amide bonds. The first-order valence-electron chi connectivity index (χ1n) is 25.4. The average molecular weight is 813 g/mol. The first-order chi connectivity index (χ1) is 27.8. The Hall–Kier alpha value is -0.950. The lowest BCUT2D eigenvalue weighted by atomic mass is 9.47. The van der Waals surface area contributed by atoms with Crippen molar-refractivity contribution in [3.63, 3.8) is 0 Å². The van der Waals surface area contributed by atoms with E-state index in [0.29, 0.717) is 18.3 Å². The Balaban J connectivity index is 1.04. The summed E-state index contributed by atoms with van der Waals surface area (Å²) in [5, 5.41) is 32.8. The molecule has 336 valence electrons. The van der Waals surface area contributed by atoms with E-state index in [1.54, 1.807) is 5.57 Å². The van der Waals surface area contributed by atoms with Crippen LogP contribution in [0.5, 0.6) is 0 Å². The molecule has 0 aromatic rings. The summed E-state index contributed by atoms with van der Waals surface area (Å²) in [5.41, 5.74) is 2.24. The SMILES string of the molecule is CCCCCCCCCCCCCCCC(=O)OCC1CC(OC2CCC3(C)C(=CCC4C3CCC3(C)C(C(C)CCC(CC)C(C)C)CCC43)C2)C(O)C(O)C1O. The van der Waals surface area contributed by atoms with Gasteiger partial charge < -0.3 is 24.8 Å². The quantitative estimate of drug-likeness (QED) is 0.0510. The molecule has 58 heavy (non-hydrogen) atoms. The van der Waals surface area contributed by atoms with E-state index in [2.05, 4.69) is 54.5 Å². The van der Waals surface area contributed by atoms with Crippen LogP contribution in [0.3, 0.4) is 0 Å². The van der Waals surface area contributed by atoms with Gasteiger partial charge in [-0.1, -0.05) is 150 Å². The van der Waals surface area contributed by atoms with Gasteiger partial charge in [0, 0.05) is 12.3 Å². The number of rotatable bonds is 24.